The molecule has 1 aromatic carbocycles. The predicted octanol–water partition coefficient (Wildman–Crippen LogP) is 0.972. The van der Waals surface area contributed by atoms with Crippen LogP contribution < -0.4 is 21.3 Å². The first-order valence-electron chi connectivity index (χ1n) is 16.1. The lowest BCUT2D eigenvalue weighted by Crippen LogP contribution is -2.56. The summed E-state index contributed by atoms with van der Waals surface area (Å²) < 4.78 is 10.6. The summed E-state index contributed by atoms with van der Waals surface area (Å²) in [6, 6.07) is 7.16. The molecular weight excluding hydrogens is 578 g/mol. The van der Waals surface area contributed by atoms with E-state index in [-0.39, 0.29) is 36.6 Å². The topological polar surface area (TPSA) is 158 Å². The largest absolute Gasteiger partial charge is 0.379 e. The van der Waals surface area contributed by atoms with Gasteiger partial charge in [0.2, 0.25) is 23.6 Å². The fourth-order valence-electron chi connectivity index (χ4n) is 5.26. The first kappa shape index (κ1) is 36.1. The van der Waals surface area contributed by atoms with Crippen LogP contribution in [0.2, 0.25) is 0 Å². The molecule has 4 N–H and O–H groups in total. The van der Waals surface area contributed by atoms with Gasteiger partial charge in [-0.2, -0.15) is 0 Å². The molecule has 0 saturated carbocycles. The highest BCUT2D eigenvalue weighted by molar-refractivity contribution is 5.97. The van der Waals surface area contributed by atoms with E-state index in [1.165, 1.54) is 0 Å². The summed E-state index contributed by atoms with van der Waals surface area (Å²) in [6.07, 6.45) is 1.68. The van der Waals surface area contributed by atoms with E-state index < -0.39 is 41.4 Å². The standard InChI is InChI=1S/C33H51N5O7/c1-22(2)17-26(30(41)33(5)21-45-33)36-28(39)19-34-31(42)27(18-23(3)4)37-32(43)25(12-11-24-9-7-6-8-10-24)35-29(40)20-38-13-15-44-16-14-38/h6-10,22-23,25-27H,11-21H2,1-5H3,(H,34,42)(H,35,40)(H,36,39)(H,37,43)/t25-,26-,27-,33+/m0/s1. The lowest BCUT2D eigenvalue weighted by atomic mass is 9.93. The van der Waals surface area contributed by atoms with Gasteiger partial charge in [-0.25, -0.2) is 0 Å². The summed E-state index contributed by atoms with van der Waals surface area (Å²) in [7, 11) is 0. The molecule has 0 bridgehead atoms. The molecule has 2 fully saturated rings. The number of benzene rings is 1. The van der Waals surface area contributed by atoms with Gasteiger partial charge < -0.3 is 30.7 Å². The number of morpholine rings is 1. The molecule has 4 atom stereocenters. The number of nitrogens with zero attached hydrogens (tertiary/aromatic N) is 1. The van der Waals surface area contributed by atoms with Gasteiger partial charge >= 0.3 is 0 Å². The van der Waals surface area contributed by atoms with Gasteiger partial charge in [0.25, 0.3) is 0 Å². The van der Waals surface area contributed by atoms with Crippen LogP contribution in [0.1, 0.15) is 59.4 Å². The van der Waals surface area contributed by atoms with Gasteiger partial charge in [-0.1, -0.05) is 58.0 Å². The summed E-state index contributed by atoms with van der Waals surface area (Å²) in [5.41, 5.74) is 0.147. The van der Waals surface area contributed by atoms with Gasteiger partial charge in [-0.05, 0) is 50.0 Å². The second-order valence-electron chi connectivity index (χ2n) is 13.1. The Bertz CT molecular complexity index is 1150. The Labute approximate surface area is 266 Å². The number of Topliss-reactive ketones (excluding diaryl/α,β-unsaturated/α-hetero) is 1. The lowest BCUT2D eigenvalue weighted by Gasteiger charge is -2.28. The highest BCUT2D eigenvalue weighted by atomic mass is 16.6. The molecule has 2 heterocycles. The quantitative estimate of drug-likeness (QED) is 0.175. The van der Waals surface area contributed by atoms with Crippen LogP contribution >= 0.6 is 0 Å². The van der Waals surface area contributed by atoms with E-state index in [1.54, 1.807) is 6.92 Å². The molecular formula is C33H51N5O7. The normalized spacial score (nSPS) is 20.2. The average molecular weight is 630 g/mol. The van der Waals surface area contributed by atoms with Crippen molar-refractivity contribution in [3.8, 4) is 0 Å². The number of aryl methyl sites for hydroxylation is 1. The first-order valence-corrected chi connectivity index (χ1v) is 16.1. The molecule has 1 aromatic rings. The highest BCUT2D eigenvalue weighted by Crippen LogP contribution is 2.29. The molecule has 3 rings (SSSR count). The van der Waals surface area contributed by atoms with Crippen molar-refractivity contribution in [1.29, 1.82) is 0 Å². The Morgan fingerprint density at radius 1 is 0.822 bits per heavy atom. The third-order valence-corrected chi connectivity index (χ3v) is 7.91. The molecule has 45 heavy (non-hydrogen) atoms. The van der Waals surface area contributed by atoms with Crippen molar-refractivity contribution in [2.75, 3.05) is 46.0 Å². The number of carbonyl (C=O) groups is 5. The minimum absolute atomic E-state index is 0.0564. The van der Waals surface area contributed by atoms with Crippen molar-refractivity contribution in [2.24, 2.45) is 11.8 Å². The van der Waals surface area contributed by atoms with Crippen LogP contribution in [-0.2, 0) is 39.9 Å². The molecule has 0 aromatic heterocycles. The van der Waals surface area contributed by atoms with Crippen LogP contribution in [0.5, 0.6) is 0 Å². The first-order chi connectivity index (χ1) is 21.4. The van der Waals surface area contributed by atoms with Gasteiger partial charge in [-0.15, -0.1) is 0 Å². The van der Waals surface area contributed by atoms with Crippen molar-refractivity contribution in [1.82, 2.24) is 26.2 Å². The Hall–Kier alpha value is -3.35. The van der Waals surface area contributed by atoms with E-state index in [0.29, 0.717) is 58.6 Å². The number of hydrogen-bond donors (Lipinski definition) is 4. The van der Waals surface area contributed by atoms with Crippen molar-refractivity contribution in [2.45, 2.75) is 84.0 Å². The monoisotopic (exact) mass is 629 g/mol. The summed E-state index contributed by atoms with van der Waals surface area (Å²) in [6.45, 7) is 12.0. The van der Waals surface area contributed by atoms with Crippen LogP contribution in [0.4, 0.5) is 0 Å². The van der Waals surface area contributed by atoms with Gasteiger partial charge in [0.15, 0.2) is 5.78 Å². The number of ether oxygens (including phenoxy) is 2. The van der Waals surface area contributed by atoms with Gasteiger partial charge in [0.05, 0.1) is 39.0 Å². The maximum atomic E-state index is 13.6. The number of hydrogen-bond acceptors (Lipinski definition) is 8. The molecule has 12 heteroatoms. The summed E-state index contributed by atoms with van der Waals surface area (Å²) in [5, 5.41) is 11.1. The molecule has 0 aliphatic carbocycles. The fourth-order valence-corrected chi connectivity index (χ4v) is 5.26. The zero-order chi connectivity index (χ0) is 33.0. The number of epoxide rings is 1. The Morgan fingerprint density at radius 2 is 1.42 bits per heavy atom. The van der Waals surface area contributed by atoms with Crippen molar-refractivity contribution in [3.05, 3.63) is 35.9 Å². The lowest BCUT2D eigenvalue weighted by molar-refractivity contribution is -0.134. The minimum atomic E-state index is -0.924. The van der Waals surface area contributed by atoms with Crippen LogP contribution in [0.25, 0.3) is 0 Å². The van der Waals surface area contributed by atoms with Crippen LogP contribution in [-0.4, -0.2) is 104 Å². The average Bonchev–Trinajstić information content (AvgIpc) is 3.75. The molecule has 2 saturated heterocycles. The number of nitrogens with one attached hydrogen (secondary N) is 4. The number of rotatable bonds is 18. The second kappa shape index (κ2) is 17.4. The van der Waals surface area contributed by atoms with Crippen LogP contribution in [0, 0.1) is 11.8 Å². The van der Waals surface area contributed by atoms with Crippen LogP contribution in [0.3, 0.4) is 0 Å². The third kappa shape index (κ3) is 12.5. The van der Waals surface area contributed by atoms with E-state index in [1.807, 2.05) is 62.9 Å². The Morgan fingerprint density at radius 3 is 2.02 bits per heavy atom. The van der Waals surface area contributed by atoms with Crippen LogP contribution in [0.15, 0.2) is 30.3 Å². The molecule has 12 nitrogen and oxygen atoms in total. The SMILES string of the molecule is CC(C)C[C@H](NC(=O)[C@H](CCc1ccccc1)NC(=O)CN1CCOCC1)C(=O)NCC(=O)N[C@@H](CC(C)C)C(=O)[C@@]1(C)CO1. The van der Waals surface area contributed by atoms with Crippen molar-refractivity contribution in [3.63, 3.8) is 0 Å². The van der Waals surface area contributed by atoms with E-state index in [9.17, 15) is 24.0 Å². The number of amides is 4. The fraction of sp³-hybridized carbons (Fsp3) is 0.667. The highest BCUT2D eigenvalue weighted by Gasteiger charge is 2.50. The number of carbonyl (C=O) groups excluding carboxylic acids is 5. The summed E-state index contributed by atoms with van der Waals surface area (Å²) in [4.78, 5) is 67.5. The third-order valence-electron chi connectivity index (χ3n) is 7.91. The predicted molar refractivity (Wildman–Crippen MR) is 169 cm³/mol. The summed E-state index contributed by atoms with van der Waals surface area (Å²) in [5.74, 6) is -1.73. The molecule has 0 radical (unpaired) electrons. The van der Waals surface area contributed by atoms with Gasteiger partial charge in [0.1, 0.15) is 17.7 Å². The molecule has 2 aliphatic heterocycles. The van der Waals surface area contributed by atoms with Gasteiger partial charge in [0, 0.05) is 13.1 Å². The molecule has 0 unspecified atom stereocenters. The van der Waals surface area contributed by atoms with Gasteiger partial charge in [-0.3, -0.25) is 28.9 Å². The van der Waals surface area contributed by atoms with E-state index in [0.717, 1.165) is 5.56 Å². The maximum Gasteiger partial charge on any atom is 0.243 e. The molecule has 4 amide bonds. The summed E-state index contributed by atoms with van der Waals surface area (Å²) >= 11 is 0. The van der Waals surface area contributed by atoms with E-state index >= 15 is 0 Å². The zero-order valence-electron chi connectivity index (χ0n) is 27.4. The van der Waals surface area contributed by atoms with E-state index in [4.69, 9.17) is 9.47 Å². The molecule has 250 valence electrons. The van der Waals surface area contributed by atoms with E-state index in [2.05, 4.69) is 21.3 Å². The Kier molecular flexibility index (Phi) is 13.9. The van der Waals surface area contributed by atoms with Crippen molar-refractivity contribution < 1.29 is 33.4 Å². The van der Waals surface area contributed by atoms with Crippen molar-refractivity contribution >= 4 is 29.4 Å². The second-order valence-corrected chi connectivity index (χ2v) is 13.1. The number of ketones is 1. The zero-order valence-corrected chi connectivity index (χ0v) is 27.4. The molecule has 2 aliphatic rings. The minimum Gasteiger partial charge on any atom is -0.379 e. The Balaban J connectivity index is 1.62. The smallest absolute Gasteiger partial charge is 0.243 e. The maximum absolute atomic E-state index is 13.6. The molecule has 0 spiro atoms.